The second kappa shape index (κ2) is 5.30. The van der Waals surface area contributed by atoms with Gasteiger partial charge in [0.15, 0.2) is 0 Å². The molecule has 0 unspecified atom stereocenters. The topological polar surface area (TPSA) is 75.2 Å². The van der Waals surface area contributed by atoms with Gasteiger partial charge in [-0.1, -0.05) is 0 Å². The van der Waals surface area contributed by atoms with Crippen molar-refractivity contribution in [2.24, 2.45) is 0 Å². The molecule has 0 saturated heterocycles. The zero-order valence-electron chi connectivity index (χ0n) is 11.0. The molecule has 0 saturated carbocycles. The normalized spacial score (nSPS) is 11.7. The van der Waals surface area contributed by atoms with Gasteiger partial charge in [0.2, 0.25) is 5.95 Å². The number of aromatic nitrogens is 2. The summed E-state index contributed by atoms with van der Waals surface area (Å²) in [5, 5.41) is 5.81. The van der Waals surface area contributed by atoms with Gasteiger partial charge in [0.05, 0.1) is 11.1 Å². The Bertz CT molecular complexity index is 681. The quantitative estimate of drug-likeness (QED) is 0.894. The van der Waals surface area contributed by atoms with Crippen molar-refractivity contribution >= 4 is 43.2 Å². The van der Waals surface area contributed by atoms with Crippen LogP contribution >= 0.6 is 11.3 Å². The highest BCUT2D eigenvalue weighted by atomic mass is 32.2. The molecule has 19 heavy (non-hydrogen) atoms. The summed E-state index contributed by atoms with van der Waals surface area (Å²) >= 11 is 1.54. The first-order chi connectivity index (χ1) is 8.90. The zero-order valence-corrected chi connectivity index (χ0v) is 12.7. The lowest BCUT2D eigenvalue weighted by atomic mass is 10.3. The first-order valence-corrected chi connectivity index (χ1v) is 8.66. The number of sulfone groups is 1. The molecule has 0 aliphatic rings. The van der Waals surface area contributed by atoms with E-state index in [1.54, 1.807) is 7.05 Å². The molecule has 6 nitrogen and oxygen atoms in total. The first kappa shape index (κ1) is 14.0. The van der Waals surface area contributed by atoms with E-state index in [0.717, 1.165) is 16.0 Å². The van der Waals surface area contributed by atoms with E-state index in [9.17, 15) is 8.42 Å². The highest BCUT2D eigenvalue weighted by Gasteiger charge is 2.13. The Kier molecular flexibility index (Phi) is 3.91. The van der Waals surface area contributed by atoms with Gasteiger partial charge in [0.25, 0.3) is 0 Å². The molecular weight excluding hydrogens is 284 g/mol. The van der Waals surface area contributed by atoms with Crippen molar-refractivity contribution in [3.05, 3.63) is 11.4 Å². The Hall–Kier alpha value is -1.41. The summed E-state index contributed by atoms with van der Waals surface area (Å²) in [7, 11) is 0.615. The molecule has 0 spiro atoms. The van der Waals surface area contributed by atoms with Crippen LogP contribution in [0.5, 0.6) is 0 Å². The smallest absolute Gasteiger partial charge is 0.225 e. The Morgan fingerprint density at radius 3 is 2.79 bits per heavy atom. The van der Waals surface area contributed by atoms with Crippen LogP contribution in [0.1, 0.15) is 0 Å². The standard InChI is InChI=1S/C11H16N4O2S2/c1-12-11-13-9(8-4-6-18-10(8)14-11)15(2)5-7-19(3,16)17/h4,6H,5,7H2,1-3H3,(H,12,13,14). The summed E-state index contributed by atoms with van der Waals surface area (Å²) < 4.78 is 22.5. The molecule has 2 heterocycles. The Morgan fingerprint density at radius 2 is 2.16 bits per heavy atom. The fraction of sp³-hybridized carbons (Fsp3) is 0.455. The molecule has 0 amide bonds. The highest BCUT2D eigenvalue weighted by molar-refractivity contribution is 7.90. The number of nitrogens with zero attached hydrogens (tertiary/aromatic N) is 3. The van der Waals surface area contributed by atoms with Crippen LogP contribution in [0.4, 0.5) is 11.8 Å². The third kappa shape index (κ3) is 3.32. The van der Waals surface area contributed by atoms with Gasteiger partial charge in [-0.3, -0.25) is 0 Å². The number of rotatable bonds is 5. The van der Waals surface area contributed by atoms with E-state index in [-0.39, 0.29) is 5.75 Å². The fourth-order valence-electron chi connectivity index (χ4n) is 1.65. The third-order valence-electron chi connectivity index (χ3n) is 2.69. The minimum absolute atomic E-state index is 0.105. The van der Waals surface area contributed by atoms with Gasteiger partial charge in [-0.2, -0.15) is 4.98 Å². The maximum atomic E-state index is 11.2. The Morgan fingerprint density at radius 1 is 1.42 bits per heavy atom. The van der Waals surface area contributed by atoms with Crippen LogP contribution in [0.3, 0.4) is 0 Å². The summed E-state index contributed by atoms with van der Waals surface area (Å²) in [5.41, 5.74) is 0. The van der Waals surface area contributed by atoms with E-state index in [1.807, 2.05) is 23.4 Å². The lowest BCUT2D eigenvalue weighted by Crippen LogP contribution is -2.26. The molecular formula is C11H16N4O2S2. The van der Waals surface area contributed by atoms with Crippen LogP contribution in [-0.4, -0.2) is 51.0 Å². The lowest BCUT2D eigenvalue weighted by molar-refractivity contribution is 0.601. The van der Waals surface area contributed by atoms with Crippen molar-refractivity contribution < 1.29 is 8.42 Å². The van der Waals surface area contributed by atoms with E-state index in [0.29, 0.717) is 12.5 Å². The molecule has 2 aromatic rings. The maximum Gasteiger partial charge on any atom is 0.225 e. The fourth-order valence-corrected chi connectivity index (χ4v) is 3.02. The molecule has 0 atom stereocenters. The van der Waals surface area contributed by atoms with E-state index >= 15 is 0 Å². The van der Waals surface area contributed by atoms with Crippen LogP contribution in [0.25, 0.3) is 10.2 Å². The summed E-state index contributed by atoms with van der Waals surface area (Å²) in [4.78, 5) is 11.5. The molecule has 8 heteroatoms. The Balaban J connectivity index is 2.34. The average Bonchev–Trinajstić information content (AvgIpc) is 2.81. The molecule has 0 aliphatic carbocycles. The molecule has 1 N–H and O–H groups in total. The first-order valence-electron chi connectivity index (χ1n) is 5.72. The molecule has 2 aromatic heterocycles. The van der Waals surface area contributed by atoms with Gasteiger partial charge in [-0.05, 0) is 11.4 Å². The van der Waals surface area contributed by atoms with Gasteiger partial charge < -0.3 is 10.2 Å². The van der Waals surface area contributed by atoms with E-state index < -0.39 is 9.84 Å². The summed E-state index contributed by atoms with van der Waals surface area (Å²) in [6, 6.07) is 1.95. The number of hydrogen-bond donors (Lipinski definition) is 1. The molecule has 104 valence electrons. The van der Waals surface area contributed by atoms with E-state index in [4.69, 9.17) is 0 Å². The van der Waals surface area contributed by atoms with Crippen molar-refractivity contribution in [1.29, 1.82) is 0 Å². The predicted molar refractivity (Wildman–Crippen MR) is 79.9 cm³/mol. The summed E-state index contributed by atoms with van der Waals surface area (Å²) in [6.07, 6.45) is 1.24. The van der Waals surface area contributed by atoms with Crippen molar-refractivity contribution in [1.82, 2.24) is 9.97 Å². The van der Waals surface area contributed by atoms with Gasteiger partial charge in [-0.15, -0.1) is 11.3 Å². The summed E-state index contributed by atoms with van der Waals surface area (Å²) in [6.45, 7) is 0.407. The Labute approximate surface area is 116 Å². The zero-order chi connectivity index (χ0) is 14.0. The minimum atomic E-state index is -2.98. The monoisotopic (exact) mass is 300 g/mol. The molecule has 0 radical (unpaired) electrons. The predicted octanol–water partition coefficient (Wildman–Crippen LogP) is 1.21. The average molecular weight is 300 g/mol. The van der Waals surface area contributed by atoms with Crippen molar-refractivity contribution in [3.63, 3.8) is 0 Å². The van der Waals surface area contributed by atoms with Gasteiger partial charge in [0.1, 0.15) is 20.5 Å². The largest absolute Gasteiger partial charge is 0.358 e. The van der Waals surface area contributed by atoms with E-state index in [2.05, 4.69) is 15.3 Å². The summed E-state index contributed by atoms with van der Waals surface area (Å²) in [5.74, 6) is 1.39. The minimum Gasteiger partial charge on any atom is -0.358 e. The van der Waals surface area contributed by atoms with Crippen LogP contribution in [0, 0.1) is 0 Å². The van der Waals surface area contributed by atoms with Gasteiger partial charge in [0, 0.05) is 26.9 Å². The van der Waals surface area contributed by atoms with Crippen LogP contribution in [0.2, 0.25) is 0 Å². The lowest BCUT2D eigenvalue weighted by Gasteiger charge is -2.19. The van der Waals surface area contributed by atoms with Crippen molar-refractivity contribution in [2.45, 2.75) is 0 Å². The number of fused-ring (bicyclic) bond motifs is 1. The number of thiophene rings is 1. The number of hydrogen-bond acceptors (Lipinski definition) is 7. The van der Waals surface area contributed by atoms with Crippen LogP contribution in [0.15, 0.2) is 11.4 Å². The van der Waals surface area contributed by atoms with E-state index in [1.165, 1.54) is 17.6 Å². The SMILES string of the molecule is CNc1nc(N(C)CCS(C)(=O)=O)c2ccsc2n1. The molecule has 2 rings (SSSR count). The number of nitrogens with one attached hydrogen (secondary N) is 1. The molecule has 0 fully saturated rings. The van der Waals surface area contributed by atoms with Gasteiger partial charge >= 0.3 is 0 Å². The van der Waals surface area contributed by atoms with Crippen LogP contribution < -0.4 is 10.2 Å². The molecule has 0 aromatic carbocycles. The highest BCUT2D eigenvalue weighted by Crippen LogP contribution is 2.28. The van der Waals surface area contributed by atoms with Crippen LogP contribution in [-0.2, 0) is 9.84 Å². The number of anilines is 2. The van der Waals surface area contributed by atoms with Gasteiger partial charge in [-0.25, -0.2) is 13.4 Å². The van der Waals surface area contributed by atoms with Crippen molar-refractivity contribution in [2.75, 3.05) is 42.9 Å². The second-order valence-electron chi connectivity index (χ2n) is 4.31. The maximum absolute atomic E-state index is 11.2. The second-order valence-corrected chi connectivity index (χ2v) is 7.47. The molecule has 0 aliphatic heterocycles. The van der Waals surface area contributed by atoms with Crippen molar-refractivity contribution in [3.8, 4) is 0 Å². The molecule has 0 bridgehead atoms. The third-order valence-corrected chi connectivity index (χ3v) is 4.42.